The number of rotatable bonds is 8. The number of aromatic amines is 1. The lowest BCUT2D eigenvalue weighted by atomic mass is 9.80. The summed E-state index contributed by atoms with van der Waals surface area (Å²) in [6.07, 6.45) is 7.49. The molecule has 3 aromatic heterocycles. The number of piperidine rings is 1. The van der Waals surface area contributed by atoms with Gasteiger partial charge in [0.25, 0.3) is 10.2 Å². The van der Waals surface area contributed by atoms with E-state index in [0.29, 0.717) is 51.0 Å². The molecule has 0 radical (unpaired) electrons. The zero-order chi connectivity index (χ0) is 33.4. The fourth-order valence-corrected chi connectivity index (χ4v) is 9.98. The van der Waals surface area contributed by atoms with Crippen molar-refractivity contribution >= 4 is 44.6 Å². The molecule has 4 aromatic rings. The van der Waals surface area contributed by atoms with Gasteiger partial charge in [-0.2, -0.15) is 31.3 Å². The summed E-state index contributed by atoms with van der Waals surface area (Å²) in [5.41, 5.74) is 0.456. The van der Waals surface area contributed by atoms with Crippen molar-refractivity contribution in [2.75, 3.05) is 19.6 Å². The molecule has 3 N–H and O–H groups in total. The molecule has 3 unspecified atom stereocenters. The minimum Gasteiger partial charge on any atom is -0.381 e. The molecule has 48 heavy (non-hydrogen) atoms. The molecule has 0 amide bonds. The average Bonchev–Trinajstić information content (AvgIpc) is 3.87. The van der Waals surface area contributed by atoms with Crippen molar-refractivity contribution in [1.29, 1.82) is 0 Å². The van der Waals surface area contributed by atoms with Gasteiger partial charge < -0.3 is 15.0 Å². The van der Waals surface area contributed by atoms with Crippen molar-refractivity contribution in [3.05, 3.63) is 93.1 Å². The first-order valence-corrected chi connectivity index (χ1v) is 18.0. The highest BCUT2D eigenvalue weighted by atomic mass is 35.5. The van der Waals surface area contributed by atoms with Crippen molar-refractivity contribution in [2.24, 2.45) is 16.8 Å². The molecule has 1 saturated carbocycles. The van der Waals surface area contributed by atoms with Gasteiger partial charge in [0.1, 0.15) is 23.3 Å². The smallest absolute Gasteiger partial charge is 0.333 e. The maximum absolute atomic E-state index is 14.1. The fourth-order valence-electron chi connectivity index (χ4n) is 7.59. The number of aromatic nitrogens is 5. The number of nitrogens with zero attached hydrogens (tertiary/aromatic N) is 7. The van der Waals surface area contributed by atoms with Gasteiger partial charge in [0.05, 0.1) is 5.69 Å². The number of benzene rings is 1. The second kappa shape index (κ2) is 11.8. The van der Waals surface area contributed by atoms with Gasteiger partial charge in [-0.05, 0) is 31.0 Å². The summed E-state index contributed by atoms with van der Waals surface area (Å²) >= 11 is 7.88. The molecule has 8 rings (SSSR count). The Hall–Kier alpha value is -3.61. The number of alkyl halides is 2. The zero-order valence-corrected chi connectivity index (χ0v) is 27.4. The Morgan fingerprint density at radius 2 is 1.92 bits per heavy atom. The predicted octanol–water partition coefficient (Wildman–Crippen LogP) is 4.30. The Kier molecular flexibility index (Phi) is 7.76. The fraction of sp³-hybridized carbons (Fsp3) is 0.400. The second-order valence-corrected chi connectivity index (χ2v) is 15.4. The maximum Gasteiger partial charge on any atom is 0.333 e. The molecule has 252 valence electrons. The Balaban J connectivity index is 1.15. The van der Waals surface area contributed by atoms with Crippen LogP contribution >= 0.6 is 22.9 Å². The van der Waals surface area contributed by atoms with Crippen LogP contribution < -0.4 is 4.72 Å². The van der Waals surface area contributed by atoms with Crippen LogP contribution in [0.25, 0.3) is 5.57 Å². The zero-order valence-electron chi connectivity index (χ0n) is 25.0. The summed E-state index contributed by atoms with van der Waals surface area (Å²) in [7, 11) is -4.03. The first-order chi connectivity index (χ1) is 23.0. The highest BCUT2D eigenvalue weighted by molar-refractivity contribution is 7.87. The number of amidine groups is 1. The number of fused-ring (bicyclic) bond motifs is 3. The van der Waals surface area contributed by atoms with E-state index in [1.807, 2.05) is 4.90 Å². The van der Waals surface area contributed by atoms with Crippen molar-refractivity contribution in [2.45, 2.75) is 43.5 Å². The van der Waals surface area contributed by atoms with E-state index in [1.165, 1.54) is 33.8 Å². The molecule has 6 heterocycles. The summed E-state index contributed by atoms with van der Waals surface area (Å²) in [4.78, 5) is 18.6. The Bertz CT molecular complexity index is 2010. The lowest BCUT2D eigenvalue weighted by Gasteiger charge is -2.42. The van der Waals surface area contributed by atoms with E-state index >= 15 is 0 Å². The number of thiazole rings is 1. The number of aliphatic hydroxyl groups is 1. The number of aliphatic imine (C=N–C) groups is 1. The lowest BCUT2D eigenvalue weighted by Crippen LogP contribution is -2.57. The van der Waals surface area contributed by atoms with Gasteiger partial charge in [0.15, 0.2) is 10.8 Å². The Morgan fingerprint density at radius 1 is 1.12 bits per heavy atom. The summed E-state index contributed by atoms with van der Waals surface area (Å²) in [5.74, 6) is -0.323. The molecule has 1 aliphatic carbocycles. The van der Waals surface area contributed by atoms with Crippen LogP contribution in [-0.4, -0.2) is 79.0 Å². The van der Waals surface area contributed by atoms with Gasteiger partial charge >= 0.3 is 6.55 Å². The maximum atomic E-state index is 14.1. The lowest BCUT2D eigenvalue weighted by molar-refractivity contribution is -0.0807. The Morgan fingerprint density at radius 3 is 2.56 bits per heavy atom. The van der Waals surface area contributed by atoms with Crippen LogP contribution in [0.2, 0.25) is 5.02 Å². The quantitative estimate of drug-likeness (QED) is 0.246. The molecule has 4 atom stereocenters. The summed E-state index contributed by atoms with van der Waals surface area (Å²) in [6.45, 7) is -2.47. The highest BCUT2D eigenvalue weighted by Crippen LogP contribution is 2.51. The minimum absolute atomic E-state index is 0.0894. The minimum atomic E-state index is -4.03. The van der Waals surface area contributed by atoms with Gasteiger partial charge in [-0.15, -0.1) is 11.3 Å². The number of halogens is 4. The summed E-state index contributed by atoms with van der Waals surface area (Å²) < 4.78 is 74.2. The van der Waals surface area contributed by atoms with E-state index in [2.05, 4.69) is 24.8 Å². The predicted molar refractivity (Wildman–Crippen MR) is 171 cm³/mol. The van der Waals surface area contributed by atoms with Gasteiger partial charge in [0, 0.05) is 96.0 Å². The van der Waals surface area contributed by atoms with Crippen LogP contribution in [0.4, 0.5) is 13.2 Å². The van der Waals surface area contributed by atoms with Gasteiger partial charge in [-0.1, -0.05) is 17.7 Å². The molecule has 12 nitrogen and oxygen atoms in total. The normalized spacial score (nSPS) is 27.6. The summed E-state index contributed by atoms with van der Waals surface area (Å²) in [6, 6.07) is 3.82. The molecular weight excluding hydrogens is 691 g/mol. The van der Waals surface area contributed by atoms with E-state index in [1.54, 1.807) is 24.0 Å². The molecule has 2 bridgehead atoms. The van der Waals surface area contributed by atoms with Crippen molar-refractivity contribution in [3.63, 3.8) is 0 Å². The SMILES string of the molecule is O=S(=O)(NC1CC2=C(c3ccn(C(F)F)n3)[C@H](c3ccc(F)cc3Cl)N=C(c3nccs3)N2C1)N1CC2CCC(C1)C2(O)c1ncc[nH]1. The van der Waals surface area contributed by atoms with Crippen LogP contribution in [0.15, 0.2) is 65.1 Å². The topological polar surface area (TPSA) is 145 Å². The van der Waals surface area contributed by atoms with Crippen molar-refractivity contribution in [3.8, 4) is 0 Å². The van der Waals surface area contributed by atoms with E-state index in [4.69, 9.17) is 16.6 Å². The van der Waals surface area contributed by atoms with E-state index in [0.717, 1.165) is 12.3 Å². The van der Waals surface area contributed by atoms with Crippen LogP contribution in [0, 0.1) is 17.7 Å². The molecular formula is C30H29ClF3N9O3S2. The first-order valence-electron chi connectivity index (χ1n) is 15.3. The second-order valence-electron chi connectivity index (χ2n) is 12.4. The number of hydrogen-bond acceptors (Lipinski definition) is 9. The molecule has 0 spiro atoms. The third-order valence-corrected chi connectivity index (χ3v) is 12.4. The van der Waals surface area contributed by atoms with E-state index in [-0.39, 0.29) is 48.6 Å². The van der Waals surface area contributed by atoms with E-state index in [9.17, 15) is 26.7 Å². The van der Waals surface area contributed by atoms with Crippen LogP contribution in [0.3, 0.4) is 0 Å². The van der Waals surface area contributed by atoms with Crippen molar-refractivity contribution in [1.82, 2.24) is 38.7 Å². The van der Waals surface area contributed by atoms with Crippen LogP contribution in [-0.2, 0) is 15.8 Å². The highest BCUT2D eigenvalue weighted by Gasteiger charge is 2.57. The van der Waals surface area contributed by atoms with E-state index < -0.39 is 40.3 Å². The number of H-pyrrole nitrogens is 1. The van der Waals surface area contributed by atoms with Crippen molar-refractivity contribution < 1.29 is 26.7 Å². The number of nitrogens with one attached hydrogen (secondary N) is 2. The van der Waals surface area contributed by atoms with Gasteiger partial charge in [0.2, 0.25) is 0 Å². The molecule has 18 heteroatoms. The summed E-state index contributed by atoms with van der Waals surface area (Å²) in [5, 5.41) is 18.2. The third-order valence-electron chi connectivity index (χ3n) is 9.71. The first kappa shape index (κ1) is 31.6. The number of hydrogen-bond donors (Lipinski definition) is 3. The number of imidazole rings is 1. The monoisotopic (exact) mass is 719 g/mol. The molecule has 2 saturated heterocycles. The van der Waals surface area contributed by atoms with Gasteiger partial charge in [-0.3, -0.25) is 4.99 Å². The standard InChI is InChI=1S/C30H29ClF3N9O3S2/c31-21-11-18(32)3-4-20(21)25-24(22-5-9-43(39-22)29(33)34)23-12-19(15-42(23)26(38-25)27-35-8-10-47-27)40-48(45,46)41-13-16-1-2-17(14-41)30(16,44)28-36-6-7-37-28/h3-11,16-17,19,25,29,40,44H,1-2,12-15H2,(H,36,37)/t16?,17?,19?,25-,30?/m0/s1. The third kappa shape index (κ3) is 5.18. The molecule has 4 aliphatic rings. The molecule has 3 aliphatic heterocycles. The average molecular weight is 720 g/mol. The Labute approximate surface area is 282 Å². The molecule has 1 aromatic carbocycles. The largest absolute Gasteiger partial charge is 0.381 e. The van der Waals surface area contributed by atoms with Crippen LogP contribution in [0.1, 0.15) is 53.9 Å². The van der Waals surface area contributed by atoms with Crippen LogP contribution in [0.5, 0.6) is 0 Å². The van der Waals surface area contributed by atoms with Gasteiger partial charge in [-0.25, -0.2) is 19.0 Å². The molecule has 3 fully saturated rings.